The minimum atomic E-state index is -0.527. The van der Waals surface area contributed by atoms with Crippen LogP contribution in [0, 0.1) is 0 Å². The van der Waals surface area contributed by atoms with Crippen molar-refractivity contribution in [2.24, 2.45) is 0 Å². The molecule has 0 spiro atoms. The van der Waals surface area contributed by atoms with E-state index in [2.05, 4.69) is 237 Å². The van der Waals surface area contributed by atoms with E-state index in [0.717, 1.165) is 50.0 Å². The smallest absolute Gasteiger partial charge is 0.161 e. The standard InChI is InChI=1S/C61H40N2/c1-5-19-41(20-6-1)47-28-15-18-32-52(47)58-40-57(43-22-7-2-8-23-43)62-60(63-58)53-37-36-48(50-30-16-17-31-51(50)53)44-33-35-54-56(39-44)61(45-24-9-3-10-25-45,46-26-11-4-12-27-46)55-38-34-42-21-13-14-29-49(42)59(54)55/h1-40H. The summed E-state index contributed by atoms with van der Waals surface area (Å²) in [6.45, 7) is 0. The summed E-state index contributed by atoms with van der Waals surface area (Å²) in [6, 6.07) is 87.7. The molecule has 1 heterocycles. The van der Waals surface area contributed by atoms with Crippen molar-refractivity contribution in [3.63, 3.8) is 0 Å². The Morgan fingerprint density at radius 2 is 0.810 bits per heavy atom. The summed E-state index contributed by atoms with van der Waals surface area (Å²) in [4.78, 5) is 10.7. The molecule has 0 fully saturated rings. The monoisotopic (exact) mass is 800 g/mol. The summed E-state index contributed by atoms with van der Waals surface area (Å²) in [5.41, 5.74) is 16.7. The van der Waals surface area contributed by atoms with Crippen LogP contribution in [0.2, 0.25) is 0 Å². The van der Waals surface area contributed by atoms with Gasteiger partial charge in [0.05, 0.1) is 16.8 Å². The SMILES string of the molecule is c1ccc(-c2cc(-c3ccccc3-c3ccccc3)nc(-c3ccc(-c4ccc5c(c4)C(c4ccccc4)(c4ccccc4)c4ccc6ccccc6c4-5)c4ccccc34)n2)cc1. The van der Waals surface area contributed by atoms with E-state index in [1.165, 1.54) is 55.3 Å². The van der Waals surface area contributed by atoms with Gasteiger partial charge in [0.15, 0.2) is 5.82 Å². The second-order valence-corrected chi connectivity index (χ2v) is 16.4. The Morgan fingerprint density at radius 1 is 0.286 bits per heavy atom. The molecule has 2 heteroatoms. The molecule has 294 valence electrons. The molecule has 12 rings (SSSR count). The molecule has 0 aliphatic heterocycles. The largest absolute Gasteiger partial charge is 0.228 e. The Labute approximate surface area is 367 Å². The summed E-state index contributed by atoms with van der Waals surface area (Å²) in [6.07, 6.45) is 0. The van der Waals surface area contributed by atoms with Crippen molar-refractivity contribution in [1.29, 1.82) is 0 Å². The molecule has 0 bridgehead atoms. The zero-order valence-corrected chi connectivity index (χ0v) is 34.5. The van der Waals surface area contributed by atoms with E-state index in [9.17, 15) is 0 Å². The average Bonchev–Trinajstić information content (AvgIpc) is 3.68. The lowest BCUT2D eigenvalue weighted by molar-refractivity contribution is 0.769. The Kier molecular flexibility index (Phi) is 8.76. The summed E-state index contributed by atoms with van der Waals surface area (Å²) in [7, 11) is 0. The van der Waals surface area contributed by atoms with E-state index in [1.54, 1.807) is 0 Å². The Bertz CT molecular complexity index is 3450. The second kappa shape index (κ2) is 15.1. The predicted molar refractivity (Wildman–Crippen MR) is 262 cm³/mol. The van der Waals surface area contributed by atoms with Crippen LogP contribution in [0.5, 0.6) is 0 Å². The highest BCUT2D eigenvalue weighted by Gasteiger charge is 2.46. The van der Waals surface area contributed by atoms with Gasteiger partial charge in [-0.2, -0.15) is 0 Å². The maximum Gasteiger partial charge on any atom is 0.161 e. The molecule has 0 N–H and O–H groups in total. The predicted octanol–water partition coefficient (Wildman–Crippen LogP) is 15.5. The minimum Gasteiger partial charge on any atom is -0.228 e. The van der Waals surface area contributed by atoms with Gasteiger partial charge in [0.2, 0.25) is 0 Å². The van der Waals surface area contributed by atoms with E-state index in [1.807, 2.05) is 6.07 Å². The molecule has 0 unspecified atom stereocenters. The fourth-order valence-corrected chi connectivity index (χ4v) is 10.2. The van der Waals surface area contributed by atoms with Crippen molar-refractivity contribution in [1.82, 2.24) is 9.97 Å². The van der Waals surface area contributed by atoms with Crippen LogP contribution in [-0.4, -0.2) is 9.97 Å². The number of nitrogens with zero attached hydrogens (tertiary/aromatic N) is 2. The average molecular weight is 801 g/mol. The number of rotatable bonds is 7. The first kappa shape index (κ1) is 36.6. The lowest BCUT2D eigenvalue weighted by atomic mass is 9.67. The van der Waals surface area contributed by atoms with Gasteiger partial charge in [-0.25, -0.2) is 9.97 Å². The summed E-state index contributed by atoms with van der Waals surface area (Å²) < 4.78 is 0. The van der Waals surface area contributed by atoms with Crippen molar-refractivity contribution in [3.8, 4) is 67.3 Å². The van der Waals surface area contributed by atoms with Crippen molar-refractivity contribution < 1.29 is 0 Å². The molecular formula is C61H40N2. The van der Waals surface area contributed by atoms with Gasteiger partial charge in [0, 0.05) is 16.7 Å². The maximum atomic E-state index is 5.41. The Balaban J connectivity index is 1.08. The molecule has 0 amide bonds. The van der Waals surface area contributed by atoms with Crippen LogP contribution < -0.4 is 0 Å². The third-order valence-corrected chi connectivity index (χ3v) is 13.0. The Hall–Kier alpha value is -8.20. The third kappa shape index (κ3) is 5.95. The van der Waals surface area contributed by atoms with E-state index >= 15 is 0 Å². The zero-order valence-electron chi connectivity index (χ0n) is 34.5. The van der Waals surface area contributed by atoms with E-state index in [-0.39, 0.29) is 0 Å². The molecule has 63 heavy (non-hydrogen) atoms. The van der Waals surface area contributed by atoms with Crippen LogP contribution in [0.4, 0.5) is 0 Å². The third-order valence-electron chi connectivity index (χ3n) is 13.0. The summed E-state index contributed by atoms with van der Waals surface area (Å²) >= 11 is 0. The molecule has 0 atom stereocenters. The maximum absolute atomic E-state index is 5.41. The molecular weight excluding hydrogens is 761 g/mol. The number of benzene rings is 10. The van der Waals surface area contributed by atoms with Crippen LogP contribution in [-0.2, 0) is 5.41 Å². The fourth-order valence-electron chi connectivity index (χ4n) is 10.2. The van der Waals surface area contributed by atoms with Gasteiger partial charge < -0.3 is 0 Å². The normalized spacial score (nSPS) is 12.6. The minimum absolute atomic E-state index is 0.527. The van der Waals surface area contributed by atoms with Crippen LogP contribution >= 0.6 is 0 Å². The highest BCUT2D eigenvalue weighted by Crippen LogP contribution is 2.58. The van der Waals surface area contributed by atoms with Gasteiger partial charge in [-0.05, 0) is 95.4 Å². The van der Waals surface area contributed by atoms with Crippen LogP contribution in [0.1, 0.15) is 22.3 Å². The first-order chi connectivity index (χ1) is 31.3. The molecule has 10 aromatic carbocycles. The number of hydrogen-bond acceptors (Lipinski definition) is 2. The molecule has 0 saturated carbocycles. The van der Waals surface area contributed by atoms with Crippen molar-refractivity contribution >= 4 is 21.5 Å². The summed E-state index contributed by atoms with van der Waals surface area (Å²) in [5.74, 6) is 0.695. The van der Waals surface area contributed by atoms with Gasteiger partial charge in [0.25, 0.3) is 0 Å². The zero-order chi connectivity index (χ0) is 41.7. The summed E-state index contributed by atoms with van der Waals surface area (Å²) in [5, 5.41) is 4.78. The molecule has 0 saturated heterocycles. The van der Waals surface area contributed by atoms with Gasteiger partial charge in [-0.1, -0.05) is 224 Å². The molecule has 2 nitrogen and oxygen atoms in total. The van der Waals surface area contributed by atoms with Crippen LogP contribution in [0.15, 0.2) is 243 Å². The van der Waals surface area contributed by atoms with Gasteiger partial charge in [0.1, 0.15) is 0 Å². The van der Waals surface area contributed by atoms with Gasteiger partial charge in [-0.15, -0.1) is 0 Å². The first-order valence-corrected chi connectivity index (χ1v) is 21.7. The topological polar surface area (TPSA) is 25.8 Å². The quantitative estimate of drug-likeness (QED) is 0.160. The van der Waals surface area contributed by atoms with E-state index in [0.29, 0.717) is 5.82 Å². The molecule has 0 radical (unpaired) electrons. The highest BCUT2D eigenvalue weighted by molar-refractivity contribution is 6.07. The molecule has 1 aliphatic rings. The Morgan fingerprint density at radius 3 is 1.51 bits per heavy atom. The highest BCUT2D eigenvalue weighted by atomic mass is 14.9. The number of hydrogen-bond donors (Lipinski definition) is 0. The van der Waals surface area contributed by atoms with Crippen molar-refractivity contribution in [2.45, 2.75) is 5.41 Å². The fraction of sp³-hybridized carbons (Fsp3) is 0.0164. The molecule has 1 aliphatic carbocycles. The van der Waals surface area contributed by atoms with E-state index < -0.39 is 5.41 Å². The van der Waals surface area contributed by atoms with Gasteiger partial charge in [-0.3, -0.25) is 0 Å². The lowest BCUT2D eigenvalue weighted by Gasteiger charge is -2.34. The second-order valence-electron chi connectivity index (χ2n) is 16.4. The molecule has 1 aromatic heterocycles. The first-order valence-electron chi connectivity index (χ1n) is 21.7. The number of aromatic nitrogens is 2. The van der Waals surface area contributed by atoms with Crippen molar-refractivity contribution in [2.75, 3.05) is 0 Å². The van der Waals surface area contributed by atoms with E-state index in [4.69, 9.17) is 9.97 Å². The number of fused-ring (bicyclic) bond motifs is 6. The van der Waals surface area contributed by atoms with Crippen LogP contribution in [0.3, 0.4) is 0 Å². The van der Waals surface area contributed by atoms with Crippen LogP contribution in [0.25, 0.3) is 88.8 Å². The van der Waals surface area contributed by atoms with Crippen molar-refractivity contribution in [3.05, 3.63) is 265 Å². The lowest BCUT2D eigenvalue weighted by Crippen LogP contribution is -2.28. The molecule has 11 aromatic rings. The van der Waals surface area contributed by atoms with Gasteiger partial charge >= 0.3 is 0 Å².